The van der Waals surface area contributed by atoms with Crippen molar-refractivity contribution in [3.63, 3.8) is 0 Å². The van der Waals surface area contributed by atoms with Gasteiger partial charge in [0.2, 0.25) is 0 Å². The number of nitrogens with zero attached hydrogens (tertiary/aromatic N) is 2. The number of hydrogen-bond acceptors (Lipinski definition) is 0. The first kappa shape index (κ1) is 33.0. The molecule has 2 rings (SSSR count). The van der Waals surface area contributed by atoms with E-state index < -0.39 is 0 Å². The van der Waals surface area contributed by atoms with Crippen LogP contribution in [0.4, 0.5) is 0 Å². The van der Waals surface area contributed by atoms with Gasteiger partial charge in [-0.3, -0.25) is 0 Å². The number of unbranched alkanes of at least 4 members (excludes halogenated alkanes) is 9. The first-order chi connectivity index (χ1) is 17.7. The molecule has 0 atom stereocenters. The summed E-state index contributed by atoms with van der Waals surface area (Å²) in [5.41, 5.74) is 16.7. The Balaban J connectivity index is 0.00000684. The maximum Gasteiger partial charge on any atom is 0.299 e. The molecule has 2 aromatic carbocycles. The van der Waals surface area contributed by atoms with Gasteiger partial charge in [0.15, 0.2) is 0 Å². The molecule has 0 aliphatic rings. The van der Waals surface area contributed by atoms with Gasteiger partial charge in [-0.15, -0.1) is 4.79 Å². The van der Waals surface area contributed by atoms with Gasteiger partial charge >= 0.3 is 0 Å². The second kappa shape index (κ2) is 21.0. The summed E-state index contributed by atoms with van der Waals surface area (Å²) >= 11 is 0. The second-order valence-corrected chi connectivity index (χ2v) is 10.1. The molecule has 204 valence electrons. The van der Waals surface area contributed by atoms with Crippen LogP contribution in [0.2, 0.25) is 0 Å². The summed E-state index contributed by atoms with van der Waals surface area (Å²) in [6.07, 6.45) is 20.4. The van der Waals surface area contributed by atoms with Crippen LogP contribution in [0.1, 0.15) is 126 Å². The minimum Gasteiger partial charge on any atom is -0.348 e. The van der Waals surface area contributed by atoms with Gasteiger partial charge in [-0.2, -0.15) is 0 Å². The molecule has 3 heteroatoms. The van der Waals surface area contributed by atoms with E-state index in [0.29, 0.717) is 0 Å². The molecule has 37 heavy (non-hydrogen) atoms. The molecule has 0 bridgehead atoms. The first-order valence-electron chi connectivity index (χ1n) is 14.6. The van der Waals surface area contributed by atoms with Gasteiger partial charge in [-0.1, -0.05) is 127 Å². The van der Waals surface area contributed by atoms with Crippen LogP contribution < -0.4 is 0 Å². The fourth-order valence-corrected chi connectivity index (χ4v) is 4.82. The molecular formula is C34H48N2Pd. The van der Waals surface area contributed by atoms with E-state index >= 15 is 0 Å². The van der Waals surface area contributed by atoms with Crippen molar-refractivity contribution in [2.45, 2.75) is 117 Å². The molecule has 2 aromatic rings. The smallest absolute Gasteiger partial charge is 0.299 e. The van der Waals surface area contributed by atoms with E-state index in [-0.39, 0.29) is 20.4 Å². The van der Waals surface area contributed by atoms with Gasteiger partial charge in [-0.25, -0.2) is 0 Å². The Bertz CT molecular complexity index is 975. The van der Waals surface area contributed by atoms with Crippen molar-refractivity contribution in [1.82, 2.24) is 0 Å². The Morgan fingerprint density at radius 1 is 0.649 bits per heavy atom. The maximum atomic E-state index is 9.07. The van der Waals surface area contributed by atoms with Crippen LogP contribution in [-0.2, 0) is 33.3 Å². The van der Waals surface area contributed by atoms with Gasteiger partial charge in [-0.05, 0) is 71.9 Å². The van der Waals surface area contributed by atoms with Crippen LogP contribution in [0.5, 0.6) is 0 Å². The normalized spacial score (nSPS) is 11.2. The summed E-state index contributed by atoms with van der Waals surface area (Å²) in [6.45, 7) is 6.74. The Labute approximate surface area is 240 Å². The Morgan fingerprint density at radius 2 is 1.08 bits per heavy atom. The summed E-state index contributed by atoms with van der Waals surface area (Å²) in [7, 11) is 0. The fourth-order valence-electron chi connectivity index (χ4n) is 4.82. The van der Waals surface area contributed by atoms with Gasteiger partial charge in [0.05, 0.1) is 6.08 Å². The molecule has 0 amide bonds. The monoisotopic (exact) mass is 590 g/mol. The van der Waals surface area contributed by atoms with Crippen LogP contribution in [0.15, 0.2) is 60.2 Å². The molecule has 0 radical (unpaired) electrons. The molecule has 0 aromatic heterocycles. The van der Waals surface area contributed by atoms with Crippen molar-refractivity contribution in [3.8, 4) is 0 Å². The van der Waals surface area contributed by atoms with E-state index in [1.54, 1.807) is 0 Å². The van der Waals surface area contributed by atoms with Crippen molar-refractivity contribution < 1.29 is 25.2 Å². The van der Waals surface area contributed by atoms with Crippen LogP contribution in [0.3, 0.4) is 0 Å². The Morgan fingerprint density at radius 3 is 1.54 bits per heavy atom. The van der Waals surface area contributed by atoms with Crippen LogP contribution >= 0.6 is 0 Å². The predicted molar refractivity (Wildman–Crippen MR) is 157 cm³/mol. The van der Waals surface area contributed by atoms with Crippen molar-refractivity contribution in [2.75, 3.05) is 0 Å². The van der Waals surface area contributed by atoms with E-state index in [0.717, 1.165) is 32.1 Å². The quantitative estimate of drug-likeness (QED) is 0.0413. The fraction of sp³-hybridized carbons (Fsp3) is 0.529. The number of hydrogen-bond donors (Lipinski definition) is 0. The standard InChI is InChI=1S/C34H48N2.Pd/c1-4-7-10-12-13-15-17-30-21-25-33(26-22-30)34(31(18-9-6-3)27-28-36-35)32-23-19-29(20-24-32)16-14-11-8-5-2;/h19-27H,4-18H2,1-3H3;. The largest absolute Gasteiger partial charge is 0.348 e. The predicted octanol–water partition coefficient (Wildman–Crippen LogP) is 10.2. The van der Waals surface area contributed by atoms with Crippen LogP contribution in [-0.4, -0.2) is 10.7 Å². The second-order valence-electron chi connectivity index (χ2n) is 10.1. The molecule has 0 fully saturated rings. The van der Waals surface area contributed by atoms with Crippen molar-refractivity contribution in [3.05, 3.63) is 88.0 Å². The molecule has 0 heterocycles. The number of aryl methyl sites for hydroxylation is 2. The van der Waals surface area contributed by atoms with E-state index in [4.69, 9.17) is 5.53 Å². The van der Waals surface area contributed by atoms with E-state index in [1.807, 2.05) is 6.08 Å². The Kier molecular flexibility index (Phi) is 18.7. The van der Waals surface area contributed by atoms with Crippen LogP contribution in [0, 0.1) is 0 Å². The summed E-state index contributed by atoms with van der Waals surface area (Å²) in [6, 6.07) is 18.3. The summed E-state index contributed by atoms with van der Waals surface area (Å²) in [4.78, 5) is 3.15. The molecule has 0 saturated heterocycles. The topological polar surface area (TPSA) is 36.4 Å². The minimum atomic E-state index is 0. The third-order valence-corrected chi connectivity index (χ3v) is 7.04. The van der Waals surface area contributed by atoms with Crippen molar-refractivity contribution >= 4 is 11.4 Å². The molecule has 2 nitrogen and oxygen atoms in total. The number of rotatable bonds is 18. The third-order valence-electron chi connectivity index (χ3n) is 7.04. The summed E-state index contributed by atoms with van der Waals surface area (Å²) < 4.78 is 0. The van der Waals surface area contributed by atoms with E-state index in [9.17, 15) is 0 Å². The molecular weight excluding hydrogens is 543 g/mol. The summed E-state index contributed by atoms with van der Waals surface area (Å²) in [5.74, 6) is 2.69. The molecule has 0 aliphatic heterocycles. The van der Waals surface area contributed by atoms with E-state index in [1.165, 1.54) is 97.6 Å². The Hall–Kier alpha value is -2.00. The zero-order valence-corrected chi connectivity index (χ0v) is 25.1. The maximum absolute atomic E-state index is 9.07. The minimum absolute atomic E-state index is 0. The van der Waals surface area contributed by atoms with Gasteiger partial charge in [0.1, 0.15) is 0 Å². The number of benzene rings is 2. The van der Waals surface area contributed by atoms with E-state index in [2.05, 4.69) is 80.0 Å². The summed E-state index contributed by atoms with van der Waals surface area (Å²) in [5, 5.41) is 0. The zero-order valence-electron chi connectivity index (χ0n) is 23.5. The molecule has 0 unspecified atom stereocenters. The first-order valence-corrected chi connectivity index (χ1v) is 14.6. The van der Waals surface area contributed by atoms with Gasteiger partial charge < -0.3 is 5.53 Å². The van der Waals surface area contributed by atoms with Gasteiger partial charge in [0.25, 0.3) is 5.87 Å². The van der Waals surface area contributed by atoms with Gasteiger partial charge in [0, 0.05) is 20.4 Å². The zero-order chi connectivity index (χ0) is 25.8. The SMILES string of the molecule is CCCCCCCCc1ccc(C(=C(C=C=[N+]=[N-])CCCC)c2ccc(CCCCCC)cc2)cc1.[Pd]. The molecule has 0 saturated carbocycles. The average molecular weight is 591 g/mol. The molecule has 0 spiro atoms. The third kappa shape index (κ3) is 12.9. The van der Waals surface area contributed by atoms with Crippen LogP contribution in [0.25, 0.3) is 11.1 Å². The van der Waals surface area contributed by atoms with Crippen molar-refractivity contribution in [1.29, 1.82) is 0 Å². The molecule has 0 aliphatic carbocycles. The average Bonchev–Trinajstić information content (AvgIpc) is 2.91. The van der Waals surface area contributed by atoms with Crippen molar-refractivity contribution in [2.24, 2.45) is 0 Å². The molecule has 0 N–H and O–H groups in total. The number of allylic oxidation sites excluding steroid dienone is 2.